The largest absolute Gasteiger partial charge is 0.468 e. The number of carbonyl (C=O) groups is 1. The molecule has 2 unspecified atom stereocenters. The molecule has 1 N–H and O–H groups in total. The Balaban J connectivity index is 2.55. The fourth-order valence-electron chi connectivity index (χ4n) is 2.48. The van der Waals surface area contributed by atoms with E-state index in [0.29, 0.717) is 11.3 Å². The van der Waals surface area contributed by atoms with Gasteiger partial charge in [0.25, 0.3) is 0 Å². The highest BCUT2D eigenvalue weighted by Gasteiger charge is 2.42. The maximum Gasteiger partial charge on any atom is 0.325 e. The van der Waals surface area contributed by atoms with E-state index in [1.54, 1.807) is 0 Å². The third-order valence-electron chi connectivity index (χ3n) is 3.01. The average molecular weight is 213 g/mol. The van der Waals surface area contributed by atoms with Gasteiger partial charge in [0, 0.05) is 0 Å². The van der Waals surface area contributed by atoms with Crippen molar-refractivity contribution in [3.8, 4) is 0 Å². The minimum absolute atomic E-state index is 0.140. The normalized spacial score (nSPS) is 31.7. The van der Waals surface area contributed by atoms with Gasteiger partial charge >= 0.3 is 5.97 Å². The number of ether oxygens (including phenoxy) is 1. The number of rotatable bonds is 2. The molecule has 1 aliphatic rings. The van der Waals surface area contributed by atoms with Gasteiger partial charge in [-0.2, -0.15) is 0 Å². The molecule has 0 amide bonds. The number of esters is 1. The predicted molar refractivity (Wildman–Crippen MR) is 60.6 cm³/mol. The Labute approximate surface area is 92.6 Å². The first kappa shape index (κ1) is 12.5. The second kappa shape index (κ2) is 4.12. The van der Waals surface area contributed by atoms with Crippen molar-refractivity contribution in [3.05, 3.63) is 0 Å². The van der Waals surface area contributed by atoms with Crippen molar-refractivity contribution < 1.29 is 9.53 Å². The highest BCUT2D eigenvalue weighted by Crippen LogP contribution is 2.33. The molecule has 1 saturated heterocycles. The van der Waals surface area contributed by atoms with Crippen LogP contribution in [-0.2, 0) is 9.53 Å². The molecule has 0 saturated carbocycles. The lowest BCUT2D eigenvalue weighted by molar-refractivity contribution is -0.147. The molecule has 0 spiro atoms. The quantitative estimate of drug-likeness (QED) is 0.713. The molecule has 0 aromatic carbocycles. The van der Waals surface area contributed by atoms with E-state index < -0.39 is 5.54 Å². The van der Waals surface area contributed by atoms with Crippen molar-refractivity contribution in [3.63, 3.8) is 0 Å². The van der Waals surface area contributed by atoms with Crippen molar-refractivity contribution >= 4 is 5.97 Å². The predicted octanol–water partition coefficient (Wildman–Crippen LogP) is 1.96. The van der Waals surface area contributed by atoms with E-state index in [4.69, 9.17) is 4.74 Å². The molecular weight excluding hydrogens is 190 g/mol. The molecule has 3 heteroatoms. The maximum absolute atomic E-state index is 11.6. The molecule has 0 aromatic rings. The maximum atomic E-state index is 11.6. The zero-order chi connectivity index (χ0) is 11.7. The van der Waals surface area contributed by atoms with Gasteiger partial charge in [0.2, 0.25) is 0 Å². The van der Waals surface area contributed by atoms with Crippen molar-refractivity contribution in [2.75, 3.05) is 13.7 Å². The van der Waals surface area contributed by atoms with Gasteiger partial charge in [0.05, 0.1) is 7.11 Å². The van der Waals surface area contributed by atoms with Crippen molar-refractivity contribution in [2.45, 2.75) is 46.1 Å². The zero-order valence-corrected chi connectivity index (χ0v) is 10.5. The molecule has 88 valence electrons. The van der Waals surface area contributed by atoms with Crippen LogP contribution in [0.2, 0.25) is 0 Å². The molecule has 0 aliphatic carbocycles. The molecule has 3 nitrogen and oxygen atoms in total. The Kier molecular flexibility index (Phi) is 3.44. The highest BCUT2D eigenvalue weighted by molar-refractivity contribution is 5.80. The van der Waals surface area contributed by atoms with E-state index in [2.05, 4.69) is 26.1 Å². The van der Waals surface area contributed by atoms with E-state index in [1.807, 2.05) is 6.92 Å². The van der Waals surface area contributed by atoms with Crippen LogP contribution < -0.4 is 5.32 Å². The lowest BCUT2D eigenvalue weighted by Gasteiger charge is -2.24. The summed E-state index contributed by atoms with van der Waals surface area (Å²) in [5, 5.41) is 3.28. The molecule has 1 rings (SSSR count). The fourth-order valence-corrected chi connectivity index (χ4v) is 2.48. The molecule has 0 radical (unpaired) electrons. The molecule has 1 heterocycles. The van der Waals surface area contributed by atoms with Crippen LogP contribution in [0.4, 0.5) is 0 Å². The Bertz CT molecular complexity index is 244. The molecular formula is C12H23NO2. The van der Waals surface area contributed by atoms with E-state index in [1.165, 1.54) is 7.11 Å². The van der Waals surface area contributed by atoms with E-state index >= 15 is 0 Å². The Morgan fingerprint density at radius 2 is 2.13 bits per heavy atom. The number of hydrogen-bond acceptors (Lipinski definition) is 3. The monoisotopic (exact) mass is 213 g/mol. The van der Waals surface area contributed by atoms with Gasteiger partial charge in [-0.3, -0.25) is 4.79 Å². The molecule has 0 bridgehead atoms. The van der Waals surface area contributed by atoms with Crippen LogP contribution in [0.3, 0.4) is 0 Å². The van der Waals surface area contributed by atoms with Gasteiger partial charge in [-0.25, -0.2) is 0 Å². The molecule has 0 aromatic heterocycles. The third kappa shape index (κ3) is 3.20. The first-order valence-electron chi connectivity index (χ1n) is 5.60. The zero-order valence-electron chi connectivity index (χ0n) is 10.5. The van der Waals surface area contributed by atoms with Crippen molar-refractivity contribution in [1.82, 2.24) is 5.32 Å². The minimum Gasteiger partial charge on any atom is -0.468 e. The molecule has 15 heavy (non-hydrogen) atoms. The number of hydrogen-bond donors (Lipinski definition) is 1. The van der Waals surface area contributed by atoms with Crippen LogP contribution in [0.1, 0.15) is 40.5 Å². The van der Waals surface area contributed by atoms with Crippen LogP contribution in [0.5, 0.6) is 0 Å². The van der Waals surface area contributed by atoms with E-state index in [-0.39, 0.29) is 5.97 Å². The van der Waals surface area contributed by atoms with Gasteiger partial charge in [0.1, 0.15) is 5.54 Å². The summed E-state index contributed by atoms with van der Waals surface area (Å²) in [5.41, 5.74) is -0.140. The molecule has 2 atom stereocenters. The van der Waals surface area contributed by atoms with Gasteiger partial charge in [0.15, 0.2) is 0 Å². The van der Waals surface area contributed by atoms with E-state index in [0.717, 1.165) is 19.4 Å². The minimum atomic E-state index is -0.468. The Hall–Kier alpha value is -0.570. The van der Waals surface area contributed by atoms with Gasteiger partial charge in [-0.05, 0) is 37.6 Å². The number of carbonyl (C=O) groups excluding carboxylic acids is 1. The van der Waals surface area contributed by atoms with Gasteiger partial charge in [-0.15, -0.1) is 0 Å². The average Bonchev–Trinajstić information content (AvgIpc) is 2.44. The lowest BCUT2D eigenvalue weighted by Crippen LogP contribution is -2.45. The SMILES string of the molecule is COC(=O)C1(C)CC(CC(C)(C)C)CN1. The summed E-state index contributed by atoms with van der Waals surface area (Å²) < 4.78 is 4.81. The smallest absolute Gasteiger partial charge is 0.325 e. The molecule has 1 aliphatic heterocycles. The van der Waals surface area contributed by atoms with Crippen LogP contribution in [0.25, 0.3) is 0 Å². The number of nitrogens with one attached hydrogen (secondary N) is 1. The second-order valence-corrected chi connectivity index (χ2v) is 6.04. The summed E-state index contributed by atoms with van der Waals surface area (Å²) in [6, 6.07) is 0. The lowest BCUT2D eigenvalue weighted by atomic mass is 9.82. The Morgan fingerprint density at radius 3 is 2.60 bits per heavy atom. The first-order chi connectivity index (χ1) is 6.77. The van der Waals surface area contributed by atoms with Gasteiger partial charge < -0.3 is 10.1 Å². The fraction of sp³-hybridized carbons (Fsp3) is 0.917. The summed E-state index contributed by atoms with van der Waals surface area (Å²) in [4.78, 5) is 11.6. The van der Waals surface area contributed by atoms with Crippen LogP contribution >= 0.6 is 0 Å². The summed E-state index contributed by atoms with van der Waals surface area (Å²) in [7, 11) is 1.45. The summed E-state index contributed by atoms with van der Waals surface area (Å²) in [6.07, 6.45) is 2.03. The van der Waals surface area contributed by atoms with Gasteiger partial charge in [-0.1, -0.05) is 20.8 Å². The van der Waals surface area contributed by atoms with Crippen LogP contribution in [-0.4, -0.2) is 25.2 Å². The van der Waals surface area contributed by atoms with Crippen LogP contribution in [0.15, 0.2) is 0 Å². The molecule has 1 fully saturated rings. The van der Waals surface area contributed by atoms with Crippen LogP contribution in [0, 0.1) is 11.3 Å². The Morgan fingerprint density at radius 1 is 1.53 bits per heavy atom. The summed E-state index contributed by atoms with van der Waals surface area (Å²) in [6.45, 7) is 9.56. The number of methoxy groups -OCH3 is 1. The topological polar surface area (TPSA) is 38.3 Å². The van der Waals surface area contributed by atoms with E-state index in [9.17, 15) is 4.79 Å². The third-order valence-corrected chi connectivity index (χ3v) is 3.01. The van der Waals surface area contributed by atoms with Crippen molar-refractivity contribution in [2.24, 2.45) is 11.3 Å². The standard InChI is InChI=1S/C12H23NO2/c1-11(2,3)6-9-7-12(4,13-8-9)10(14)15-5/h9,13H,6-8H2,1-5H3. The second-order valence-electron chi connectivity index (χ2n) is 6.04. The highest BCUT2D eigenvalue weighted by atomic mass is 16.5. The summed E-state index contributed by atoms with van der Waals surface area (Å²) >= 11 is 0. The first-order valence-corrected chi connectivity index (χ1v) is 5.60. The van der Waals surface area contributed by atoms with Crippen molar-refractivity contribution in [1.29, 1.82) is 0 Å². The summed E-state index contributed by atoms with van der Waals surface area (Å²) in [5.74, 6) is 0.438.